The molecule has 0 unspecified atom stereocenters. The van der Waals surface area contributed by atoms with Crippen LogP contribution < -0.4 is 4.90 Å². The fourth-order valence-electron chi connectivity index (χ4n) is 3.14. The van der Waals surface area contributed by atoms with Crippen LogP contribution in [-0.4, -0.2) is 53.8 Å². The van der Waals surface area contributed by atoms with Gasteiger partial charge in [0.05, 0.1) is 6.54 Å². The van der Waals surface area contributed by atoms with E-state index in [4.69, 9.17) is 11.6 Å². The van der Waals surface area contributed by atoms with Crippen molar-refractivity contribution in [3.05, 3.63) is 28.8 Å². The molecule has 1 aliphatic heterocycles. The molecule has 0 aliphatic carbocycles. The maximum atomic E-state index is 12.7. The molecule has 0 spiro atoms. The van der Waals surface area contributed by atoms with E-state index in [2.05, 4.69) is 6.92 Å². The third-order valence-electron chi connectivity index (χ3n) is 4.88. The largest absolute Gasteiger partial charge is 0.334 e. The predicted octanol–water partition coefficient (Wildman–Crippen LogP) is 3.21. The van der Waals surface area contributed by atoms with E-state index in [0.717, 1.165) is 24.8 Å². The smallest absolute Gasteiger partial charge is 0.248 e. The molecule has 0 atom stereocenters. The Morgan fingerprint density at radius 3 is 2.63 bits per heavy atom. The van der Waals surface area contributed by atoms with Crippen molar-refractivity contribution in [3.63, 3.8) is 0 Å². The van der Waals surface area contributed by atoms with Crippen LogP contribution in [0.15, 0.2) is 18.2 Å². The van der Waals surface area contributed by atoms with E-state index in [0.29, 0.717) is 23.7 Å². The first kappa shape index (κ1) is 21.2. The van der Waals surface area contributed by atoms with Gasteiger partial charge < -0.3 is 9.80 Å². The van der Waals surface area contributed by atoms with Gasteiger partial charge in [-0.3, -0.25) is 19.3 Å². The van der Waals surface area contributed by atoms with Crippen LogP contribution in [0.25, 0.3) is 0 Å². The fourth-order valence-corrected chi connectivity index (χ4v) is 3.31. The minimum absolute atomic E-state index is 0.00707. The van der Waals surface area contributed by atoms with E-state index in [1.54, 1.807) is 21.9 Å². The van der Waals surface area contributed by atoms with E-state index in [-0.39, 0.29) is 37.5 Å². The number of anilines is 1. The van der Waals surface area contributed by atoms with Crippen LogP contribution in [0.1, 0.15) is 45.1 Å². The Hall–Kier alpha value is -2.08. The lowest BCUT2D eigenvalue weighted by molar-refractivity contribution is -0.140. The summed E-state index contributed by atoms with van der Waals surface area (Å²) >= 11 is 6.15. The Bertz CT molecular complexity index is 708. The molecule has 0 bridgehead atoms. The molecule has 3 amide bonds. The van der Waals surface area contributed by atoms with E-state index in [1.807, 2.05) is 19.9 Å². The molecule has 1 aliphatic rings. The second kappa shape index (κ2) is 9.74. The lowest BCUT2D eigenvalue weighted by atomic mass is 10.2. The summed E-state index contributed by atoms with van der Waals surface area (Å²) in [6, 6.07) is 5.38. The van der Waals surface area contributed by atoms with Crippen molar-refractivity contribution in [1.82, 2.24) is 9.80 Å². The van der Waals surface area contributed by atoms with E-state index >= 15 is 0 Å². The van der Waals surface area contributed by atoms with Gasteiger partial charge in [0, 0.05) is 23.7 Å². The van der Waals surface area contributed by atoms with Crippen LogP contribution in [-0.2, 0) is 14.4 Å². The molecule has 1 heterocycles. The molecule has 6 nitrogen and oxygen atoms in total. The van der Waals surface area contributed by atoms with Crippen LogP contribution in [0.2, 0.25) is 5.02 Å². The zero-order valence-electron chi connectivity index (χ0n) is 16.3. The van der Waals surface area contributed by atoms with Gasteiger partial charge in [-0.2, -0.15) is 0 Å². The monoisotopic (exact) mass is 393 g/mol. The standard InChI is InChI=1S/C20H28ClN3O3/c1-4-6-7-11-18(25)22(5-2)12-19(26)23-13-20(27)24(14-23)17-10-8-9-16(21)15(17)3/h8-10H,4-7,11-14H2,1-3H3. The third-order valence-corrected chi connectivity index (χ3v) is 5.29. The number of nitrogens with zero attached hydrogens (tertiary/aromatic N) is 3. The second-order valence-electron chi connectivity index (χ2n) is 6.80. The third kappa shape index (κ3) is 5.22. The van der Waals surface area contributed by atoms with Crippen molar-refractivity contribution < 1.29 is 14.4 Å². The topological polar surface area (TPSA) is 60.9 Å². The molecule has 148 valence electrons. The predicted molar refractivity (Wildman–Crippen MR) is 107 cm³/mol. The maximum Gasteiger partial charge on any atom is 0.248 e. The molecular weight excluding hydrogens is 366 g/mol. The summed E-state index contributed by atoms with van der Waals surface area (Å²) in [6.07, 6.45) is 3.35. The van der Waals surface area contributed by atoms with Gasteiger partial charge in [0.15, 0.2) is 0 Å². The number of benzene rings is 1. The van der Waals surface area contributed by atoms with Crippen LogP contribution in [0.3, 0.4) is 0 Å². The molecule has 0 radical (unpaired) electrons. The van der Waals surface area contributed by atoms with Gasteiger partial charge in [-0.1, -0.05) is 37.4 Å². The van der Waals surface area contributed by atoms with E-state index in [9.17, 15) is 14.4 Å². The Balaban J connectivity index is 2.00. The highest BCUT2D eigenvalue weighted by Gasteiger charge is 2.33. The first-order valence-electron chi connectivity index (χ1n) is 9.50. The van der Waals surface area contributed by atoms with Gasteiger partial charge in [0.25, 0.3) is 0 Å². The summed E-state index contributed by atoms with van der Waals surface area (Å²) in [4.78, 5) is 42.0. The first-order valence-corrected chi connectivity index (χ1v) is 9.87. The summed E-state index contributed by atoms with van der Waals surface area (Å²) in [7, 11) is 0. The van der Waals surface area contributed by atoms with E-state index < -0.39 is 0 Å². The molecule has 0 aromatic heterocycles. The molecule has 27 heavy (non-hydrogen) atoms. The van der Waals surface area contributed by atoms with Crippen LogP contribution >= 0.6 is 11.6 Å². The molecule has 1 saturated heterocycles. The summed E-state index contributed by atoms with van der Waals surface area (Å²) in [5.41, 5.74) is 1.52. The van der Waals surface area contributed by atoms with Crippen molar-refractivity contribution in [2.75, 3.05) is 31.2 Å². The Kier molecular flexibility index (Phi) is 7.66. The highest BCUT2D eigenvalue weighted by Crippen LogP contribution is 2.28. The number of amides is 3. The second-order valence-corrected chi connectivity index (χ2v) is 7.21. The van der Waals surface area contributed by atoms with Crippen molar-refractivity contribution in [1.29, 1.82) is 0 Å². The van der Waals surface area contributed by atoms with Gasteiger partial charge in [-0.15, -0.1) is 0 Å². The molecule has 1 aromatic carbocycles. The maximum absolute atomic E-state index is 12.7. The van der Waals surface area contributed by atoms with Crippen molar-refractivity contribution in [2.45, 2.75) is 46.5 Å². The number of rotatable bonds is 8. The summed E-state index contributed by atoms with van der Waals surface area (Å²) in [5, 5.41) is 0.583. The van der Waals surface area contributed by atoms with Gasteiger partial charge in [0.1, 0.15) is 13.2 Å². The molecule has 0 saturated carbocycles. The Labute approximate surface area is 166 Å². The normalized spacial score (nSPS) is 14.0. The van der Waals surface area contributed by atoms with Crippen molar-refractivity contribution in [3.8, 4) is 0 Å². The lowest BCUT2D eigenvalue weighted by Crippen LogP contribution is -2.42. The number of hydrogen-bond donors (Lipinski definition) is 0. The molecule has 7 heteroatoms. The Morgan fingerprint density at radius 2 is 1.96 bits per heavy atom. The van der Waals surface area contributed by atoms with Crippen LogP contribution in [0.4, 0.5) is 5.69 Å². The van der Waals surface area contributed by atoms with Gasteiger partial charge in [-0.05, 0) is 38.0 Å². The summed E-state index contributed by atoms with van der Waals surface area (Å²) in [5.74, 6) is -0.366. The average Bonchev–Trinajstić information content (AvgIpc) is 3.03. The number of carbonyl (C=O) groups is 3. The minimum Gasteiger partial charge on any atom is -0.334 e. The number of halogens is 1. The molecule has 1 fully saturated rings. The quantitative estimate of drug-likeness (QED) is 0.637. The van der Waals surface area contributed by atoms with Crippen molar-refractivity contribution >= 4 is 35.0 Å². The zero-order chi connectivity index (χ0) is 20.0. The first-order chi connectivity index (χ1) is 12.9. The van der Waals surface area contributed by atoms with Gasteiger partial charge >= 0.3 is 0 Å². The van der Waals surface area contributed by atoms with Crippen molar-refractivity contribution in [2.24, 2.45) is 0 Å². The zero-order valence-corrected chi connectivity index (χ0v) is 17.1. The van der Waals surface area contributed by atoms with Gasteiger partial charge in [0.2, 0.25) is 17.7 Å². The molecule has 0 N–H and O–H groups in total. The number of unbranched alkanes of at least 4 members (excludes halogenated alkanes) is 2. The molecule has 2 rings (SSSR count). The summed E-state index contributed by atoms with van der Waals surface area (Å²) in [6.45, 7) is 6.49. The number of carbonyl (C=O) groups excluding carboxylic acids is 3. The highest BCUT2D eigenvalue weighted by atomic mass is 35.5. The SMILES string of the molecule is CCCCCC(=O)N(CC)CC(=O)N1CC(=O)N(c2cccc(Cl)c2C)C1. The van der Waals surface area contributed by atoms with Crippen LogP contribution in [0.5, 0.6) is 0 Å². The molecule has 1 aromatic rings. The lowest BCUT2D eigenvalue weighted by Gasteiger charge is -2.24. The van der Waals surface area contributed by atoms with Gasteiger partial charge in [-0.25, -0.2) is 0 Å². The highest BCUT2D eigenvalue weighted by molar-refractivity contribution is 6.31. The fraction of sp³-hybridized carbons (Fsp3) is 0.550. The number of hydrogen-bond acceptors (Lipinski definition) is 3. The number of likely N-dealkylation sites (N-methyl/N-ethyl adjacent to an activating group) is 1. The average molecular weight is 394 g/mol. The minimum atomic E-state index is -0.212. The summed E-state index contributed by atoms with van der Waals surface area (Å²) < 4.78 is 0. The Morgan fingerprint density at radius 1 is 1.22 bits per heavy atom. The molecular formula is C20H28ClN3O3. The van der Waals surface area contributed by atoms with E-state index in [1.165, 1.54) is 4.90 Å². The van der Waals surface area contributed by atoms with Crippen LogP contribution in [0, 0.1) is 6.92 Å².